The second-order valence-electron chi connectivity index (χ2n) is 2.89. The van der Waals surface area contributed by atoms with Crippen LogP contribution in [-0.4, -0.2) is 9.78 Å². The maximum absolute atomic E-state index is 4.30. The lowest BCUT2D eigenvalue weighted by molar-refractivity contribution is 0.600. The average Bonchev–Trinajstić information content (AvgIpc) is 2.72. The number of aromatic nitrogens is 2. The molecule has 2 heterocycles. The van der Waals surface area contributed by atoms with Crippen LogP contribution in [0, 0.1) is 0 Å². The van der Waals surface area contributed by atoms with Gasteiger partial charge in [0, 0.05) is 12.6 Å². The molecule has 0 fully saturated rings. The fourth-order valence-electron chi connectivity index (χ4n) is 1.19. The van der Waals surface area contributed by atoms with Gasteiger partial charge in [-0.05, 0) is 60.7 Å². The summed E-state index contributed by atoms with van der Waals surface area (Å²) < 4.78 is 3.83. The molecule has 0 aromatic carbocycles. The number of hydrogen-bond acceptors (Lipinski definition) is 2. The molecule has 0 spiro atoms. The molecule has 2 aromatic rings. The first-order valence-electron chi connectivity index (χ1n) is 4.15. The van der Waals surface area contributed by atoms with E-state index in [9.17, 15) is 0 Å². The van der Waals surface area contributed by atoms with Gasteiger partial charge in [-0.1, -0.05) is 0 Å². The van der Waals surface area contributed by atoms with E-state index in [1.165, 1.54) is 5.56 Å². The quantitative estimate of drug-likeness (QED) is 0.836. The Labute approximate surface area is 103 Å². The van der Waals surface area contributed by atoms with E-state index in [-0.39, 0.29) is 0 Å². The van der Waals surface area contributed by atoms with Gasteiger partial charge in [0.2, 0.25) is 0 Å². The Morgan fingerprint density at radius 1 is 1.43 bits per heavy atom. The summed E-state index contributed by atoms with van der Waals surface area (Å²) in [7, 11) is 0. The first-order chi connectivity index (χ1) is 6.75. The van der Waals surface area contributed by atoms with Crippen molar-refractivity contribution in [3.05, 3.63) is 37.7 Å². The summed E-state index contributed by atoms with van der Waals surface area (Å²) in [6.07, 6.45) is 1.02. The van der Waals surface area contributed by atoms with Crippen LogP contribution in [-0.2, 0) is 13.0 Å². The molecule has 2 aromatic heterocycles. The van der Waals surface area contributed by atoms with Crippen molar-refractivity contribution in [1.82, 2.24) is 9.78 Å². The number of nitrogens with zero attached hydrogens (tertiary/aromatic N) is 2. The zero-order valence-electron chi connectivity index (χ0n) is 7.28. The van der Waals surface area contributed by atoms with Gasteiger partial charge < -0.3 is 0 Å². The highest BCUT2D eigenvalue weighted by molar-refractivity contribution is 9.11. The van der Waals surface area contributed by atoms with Gasteiger partial charge in [-0.15, -0.1) is 0 Å². The highest BCUT2D eigenvalue weighted by atomic mass is 79.9. The van der Waals surface area contributed by atoms with Gasteiger partial charge in [-0.3, -0.25) is 4.68 Å². The van der Waals surface area contributed by atoms with Crippen LogP contribution in [0.1, 0.15) is 5.56 Å². The van der Waals surface area contributed by atoms with Crippen LogP contribution in [0.15, 0.2) is 32.1 Å². The topological polar surface area (TPSA) is 17.8 Å². The van der Waals surface area contributed by atoms with Crippen LogP contribution in [0.5, 0.6) is 0 Å². The molecule has 0 aliphatic heterocycles. The Balaban J connectivity index is 2.01. The zero-order valence-corrected chi connectivity index (χ0v) is 11.3. The van der Waals surface area contributed by atoms with E-state index in [0.717, 1.165) is 22.2 Å². The molecule has 5 heteroatoms. The molecule has 0 bridgehead atoms. The Morgan fingerprint density at radius 2 is 2.29 bits per heavy atom. The molecule has 0 amide bonds. The summed E-state index contributed by atoms with van der Waals surface area (Å²) in [5.74, 6) is 0. The minimum absolute atomic E-state index is 0.870. The van der Waals surface area contributed by atoms with Crippen molar-refractivity contribution in [2.75, 3.05) is 0 Å². The molecule has 0 N–H and O–H groups in total. The summed E-state index contributed by atoms with van der Waals surface area (Å²) in [4.78, 5) is 0. The molecule has 0 unspecified atom stereocenters. The Morgan fingerprint density at radius 3 is 2.86 bits per heavy atom. The zero-order chi connectivity index (χ0) is 9.97. The molecule has 2 nitrogen and oxygen atoms in total. The third-order valence-corrected chi connectivity index (χ3v) is 3.65. The van der Waals surface area contributed by atoms with E-state index >= 15 is 0 Å². The minimum Gasteiger partial charge on any atom is -0.257 e. The molecule has 2 rings (SSSR count). The Kier molecular flexibility index (Phi) is 3.41. The third-order valence-electron chi connectivity index (χ3n) is 1.89. The van der Waals surface area contributed by atoms with Gasteiger partial charge in [0.25, 0.3) is 0 Å². The molecule has 14 heavy (non-hydrogen) atoms. The standard InChI is InChI=1S/C9H8Br2N2S/c10-8-5-9(11)13(12-8)3-1-7-2-4-14-6-7/h2,4-6H,1,3H2. The van der Waals surface area contributed by atoms with Gasteiger partial charge in [0.15, 0.2) is 0 Å². The smallest absolute Gasteiger partial charge is 0.129 e. The highest BCUT2D eigenvalue weighted by Crippen LogP contribution is 2.17. The summed E-state index contributed by atoms with van der Waals surface area (Å²) in [5.41, 5.74) is 1.37. The lowest BCUT2D eigenvalue weighted by Crippen LogP contribution is -2.02. The summed E-state index contributed by atoms with van der Waals surface area (Å²) in [5, 5.41) is 8.57. The fraction of sp³-hybridized carbons (Fsp3) is 0.222. The number of aryl methyl sites for hydroxylation is 2. The Hall–Kier alpha value is -0.130. The molecular weight excluding hydrogens is 328 g/mol. The van der Waals surface area contributed by atoms with Crippen LogP contribution in [0.3, 0.4) is 0 Å². The summed E-state index contributed by atoms with van der Waals surface area (Å²) >= 11 is 8.53. The van der Waals surface area contributed by atoms with Crippen molar-refractivity contribution in [1.29, 1.82) is 0 Å². The van der Waals surface area contributed by atoms with Gasteiger partial charge in [-0.25, -0.2) is 0 Å². The van der Waals surface area contributed by atoms with E-state index in [2.05, 4.69) is 53.8 Å². The second kappa shape index (κ2) is 4.59. The minimum atomic E-state index is 0.870. The lowest BCUT2D eigenvalue weighted by Gasteiger charge is -2.00. The highest BCUT2D eigenvalue weighted by Gasteiger charge is 2.03. The van der Waals surface area contributed by atoms with E-state index in [4.69, 9.17) is 0 Å². The molecule has 0 aliphatic carbocycles. The van der Waals surface area contributed by atoms with Crippen molar-refractivity contribution in [2.24, 2.45) is 0 Å². The summed E-state index contributed by atoms with van der Waals surface area (Å²) in [6, 6.07) is 4.10. The molecule has 0 saturated heterocycles. The van der Waals surface area contributed by atoms with Gasteiger partial charge in [0.1, 0.15) is 9.21 Å². The number of hydrogen-bond donors (Lipinski definition) is 0. The first kappa shape index (κ1) is 10.4. The first-order valence-corrected chi connectivity index (χ1v) is 6.68. The molecule has 0 radical (unpaired) electrons. The van der Waals surface area contributed by atoms with Crippen LogP contribution >= 0.6 is 43.2 Å². The van der Waals surface area contributed by atoms with Crippen molar-refractivity contribution >= 4 is 43.2 Å². The van der Waals surface area contributed by atoms with E-state index < -0.39 is 0 Å². The second-order valence-corrected chi connectivity index (χ2v) is 5.30. The van der Waals surface area contributed by atoms with Crippen molar-refractivity contribution in [3.8, 4) is 0 Å². The normalized spacial score (nSPS) is 10.7. The molecular formula is C9H8Br2N2S. The molecule has 0 saturated carbocycles. The summed E-state index contributed by atoms with van der Waals surface area (Å²) in [6.45, 7) is 0.906. The van der Waals surface area contributed by atoms with Crippen molar-refractivity contribution < 1.29 is 0 Å². The largest absolute Gasteiger partial charge is 0.257 e. The monoisotopic (exact) mass is 334 g/mol. The van der Waals surface area contributed by atoms with Gasteiger partial charge in [0.05, 0.1) is 0 Å². The van der Waals surface area contributed by atoms with Crippen LogP contribution in [0.2, 0.25) is 0 Å². The van der Waals surface area contributed by atoms with Gasteiger partial charge >= 0.3 is 0 Å². The van der Waals surface area contributed by atoms with E-state index in [0.29, 0.717) is 0 Å². The SMILES string of the molecule is Brc1cc(Br)n(CCc2ccsc2)n1. The fourth-order valence-corrected chi connectivity index (χ4v) is 3.08. The van der Waals surface area contributed by atoms with Crippen LogP contribution in [0.25, 0.3) is 0 Å². The Bertz CT molecular complexity index is 408. The number of thiophene rings is 1. The number of rotatable bonds is 3. The average molecular weight is 336 g/mol. The van der Waals surface area contributed by atoms with Crippen LogP contribution < -0.4 is 0 Å². The number of halogens is 2. The third kappa shape index (κ3) is 2.46. The predicted octanol–water partition coefficient (Wildman–Crippen LogP) is 3.71. The van der Waals surface area contributed by atoms with E-state index in [1.54, 1.807) is 11.3 Å². The molecule has 74 valence electrons. The predicted molar refractivity (Wildman–Crippen MR) is 65.7 cm³/mol. The van der Waals surface area contributed by atoms with Crippen LogP contribution in [0.4, 0.5) is 0 Å². The van der Waals surface area contributed by atoms with Gasteiger partial charge in [-0.2, -0.15) is 16.4 Å². The van der Waals surface area contributed by atoms with Crippen molar-refractivity contribution in [2.45, 2.75) is 13.0 Å². The maximum atomic E-state index is 4.30. The maximum Gasteiger partial charge on any atom is 0.129 e. The van der Waals surface area contributed by atoms with E-state index in [1.807, 2.05) is 10.7 Å². The van der Waals surface area contributed by atoms with Crippen molar-refractivity contribution in [3.63, 3.8) is 0 Å². The molecule has 0 atom stereocenters. The lowest BCUT2D eigenvalue weighted by atomic mass is 10.2. The molecule has 0 aliphatic rings.